The van der Waals surface area contributed by atoms with Crippen molar-refractivity contribution in [3.8, 4) is 0 Å². The summed E-state index contributed by atoms with van der Waals surface area (Å²) in [4.78, 5) is 11.5. The minimum absolute atomic E-state index is 0.698. The number of carbonyl (C=O) groups excluding carboxylic acids is 1. The minimum atomic E-state index is -3.53. The first-order chi connectivity index (χ1) is 5.88. The van der Waals surface area contributed by atoms with Crippen molar-refractivity contribution in [1.29, 1.82) is 0 Å². The summed E-state index contributed by atoms with van der Waals surface area (Å²) in [6.07, 6.45) is 0.978. The molecule has 14 heavy (non-hydrogen) atoms. The van der Waals surface area contributed by atoms with Gasteiger partial charge in [-0.1, -0.05) is 15.9 Å². The van der Waals surface area contributed by atoms with Crippen molar-refractivity contribution >= 4 is 31.7 Å². The van der Waals surface area contributed by atoms with Crippen LogP contribution < -0.4 is 0 Å². The smallest absolute Gasteiger partial charge is 0.338 e. The number of alkyl halides is 1. The first kappa shape index (κ1) is 13.9. The van der Waals surface area contributed by atoms with Crippen LogP contribution in [0.2, 0.25) is 0 Å². The van der Waals surface area contributed by atoms with E-state index in [2.05, 4.69) is 15.9 Å². The normalized spacial score (nSPS) is 17.3. The molecule has 0 rings (SSSR count). The zero-order valence-corrected chi connectivity index (χ0v) is 11.3. The number of halogens is 1. The predicted octanol–water partition coefficient (Wildman–Crippen LogP) is 1.48. The fourth-order valence-corrected chi connectivity index (χ4v) is 0.946. The highest BCUT2D eigenvalue weighted by Gasteiger charge is 2.44. The molecule has 84 valence electrons. The average Bonchev–Trinajstić information content (AvgIpc) is 1.80. The molecule has 1 unspecified atom stereocenters. The molecular weight excluding hydrogens is 272 g/mol. The molecule has 0 saturated heterocycles. The fourth-order valence-electron chi connectivity index (χ4n) is 0.521. The highest BCUT2D eigenvalue weighted by Crippen LogP contribution is 2.27. The van der Waals surface area contributed by atoms with Gasteiger partial charge < -0.3 is 4.74 Å². The predicted molar refractivity (Wildman–Crippen MR) is 58.0 cm³/mol. The molecule has 0 radical (unpaired) electrons. The third-order valence-corrected chi connectivity index (χ3v) is 5.11. The summed E-state index contributed by atoms with van der Waals surface area (Å²) in [5.41, 5.74) is -0.698. The van der Waals surface area contributed by atoms with Gasteiger partial charge >= 0.3 is 5.97 Å². The van der Waals surface area contributed by atoms with Crippen LogP contribution in [0.25, 0.3) is 0 Å². The van der Waals surface area contributed by atoms with E-state index in [0.29, 0.717) is 0 Å². The lowest BCUT2D eigenvalue weighted by atomic mass is 10.2. The van der Waals surface area contributed by atoms with Crippen molar-refractivity contribution in [3.63, 3.8) is 0 Å². The van der Waals surface area contributed by atoms with E-state index in [1.807, 2.05) is 0 Å². The van der Waals surface area contributed by atoms with E-state index in [-0.39, 0.29) is 0 Å². The van der Waals surface area contributed by atoms with Gasteiger partial charge in [-0.15, -0.1) is 0 Å². The van der Waals surface area contributed by atoms with Crippen LogP contribution in [0.15, 0.2) is 0 Å². The zero-order valence-electron chi connectivity index (χ0n) is 8.92. The van der Waals surface area contributed by atoms with E-state index in [0.717, 1.165) is 6.26 Å². The monoisotopic (exact) mass is 286 g/mol. The maximum absolute atomic E-state index is 11.5. The second-order valence-corrected chi connectivity index (χ2v) is 8.66. The number of carbonyl (C=O) groups is 1. The first-order valence-corrected chi connectivity index (χ1v) is 6.68. The largest absolute Gasteiger partial charge is 0.458 e. The maximum atomic E-state index is 11.5. The summed E-state index contributed by atoms with van der Waals surface area (Å²) < 4.78 is 25.8. The number of esters is 1. The number of hydrogen-bond acceptors (Lipinski definition) is 4. The number of ether oxygens (including phenoxy) is 1. The molecule has 0 aliphatic carbocycles. The van der Waals surface area contributed by atoms with Crippen molar-refractivity contribution in [2.24, 2.45) is 0 Å². The molecule has 0 aromatic carbocycles. The molecule has 0 aliphatic rings. The van der Waals surface area contributed by atoms with Gasteiger partial charge in [0.2, 0.25) is 3.66 Å². The van der Waals surface area contributed by atoms with Crippen molar-refractivity contribution in [1.82, 2.24) is 0 Å². The van der Waals surface area contributed by atoms with Gasteiger partial charge in [-0.25, -0.2) is 13.2 Å². The molecular formula is C8H15BrO4S. The summed E-state index contributed by atoms with van der Waals surface area (Å²) in [7, 11) is -3.53. The van der Waals surface area contributed by atoms with Crippen LogP contribution in [-0.2, 0) is 19.4 Å². The van der Waals surface area contributed by atoms with E-state index < -0.39 is 25.1 Å². The van der Waals surface area contributed by atoms with Crippen molar-refractivity contribution in [2.75, 3.05) is 6.26 Å². The molecule has 4 nitrogen and oxygen atoms in total. The first-order valence-electron chi connectivity index (χ1n) is 4.00. The topological polar surface area (TPSA) is 60.4 Å². The number of hydrogen-bond donors (Lipinski definition) is 0. The Balaban J connectivity index is 4.89. The van der Waals surface area contributed by atoms with Gasteiger partial charge in [0.1, 0.15) is 5.60 Å². The van der Waals surface area contributed by atoms with Crippen LogP contribution in [0.5, 0.6) is 0 Å². The standard InChI is InChI=1S/C8H15BrO4S/c1-7(2,3)13-6(10)8(4,9)14(5,11)12/h1-5H3. The van der Waals surface area contributed by atoms with E-state index in [9.17, 15) is 13.2 Å². The molecule has 0 aromatic rings. The Morgan fingerprint density at radius 3 is 1.79 bits per heavy atom. The Labute approximate surface area is 93.1 Å². The van der Waals surface area contributed by atoms with Gasteiger partial charge in [-0.3, -0.25) is 0 Å². The molecule has 0 saturated carbocycles. The van der Waals surface area contributed by atoms with Crippen LogP contribution in [0.4, 0.5) is 0 Å². The van der Waals surface area contributed by atoms with Gasteiger partial charge in [-0.05, 0) is 27.7 Å². The lowest BCUT2D eigenvalue weighted by Gasteiger charge is -2.25. The molecule has 0 heterocycles. The Morgan fingerprint density at radius 2 is 1.57 bits per heavy atom. The highest BCUT2D eigenvalue weighted by atomic mass is 79.9. The maximum Gasteiger partial charge on any atom is 0.338 e. The second-order valence-electron chi connectivity index (χ2n) is 4.19. The fraction of sp³-hybridized carbons (Fsp3) is 0.875. The highest BCUT2D eigenvalue weighted by molar-refractivity contribution is 9.12. The average molecular weight is 287 g/mol. The van der Waals surface area contributed by atoms with Crippen LogP contribution in [0.3, 0.4) is 0 Å². The van der Waals surface area contributed by atoms with Crippen LogP contribution in [-0.4, -0.2) is 29.9 Å². The van der Waals surface area contributed by atoms with Crippen molar-refractivity contribution in [2.45, 2.75) is 37.0 Å². The van der Waals surface area contributed by atoms with Crippen LogP contribution in [0.1, 0.15) is 27.7 Å². The van der Waals surface area contributed by atoms with Gasteiger partial charge in [0.25, 0.3) is 0 Å². The quantitative estimate of drug-likeness (QED) is 0.570. The third kappa shape index (κ3) is 3.57. The molecule has 0 aromatic heterocycles. The summed E-state index contributed by atoms with van der Waals surface area (Å²) in [6.45, 7) is 6.29. The third-order valence-electron chi connectivity index (χ3n) is 1.46. The van der Waals surface area contributed by atoms with Gasteiger partial charge in [0.05, 0.1) is 0 Å². The molecule has 0 amide bonds. The van der Waals surface area contributed by atoms with Crippen LogP contribution in [0, 0.1) is 0 Å². The second kappa shape index (κ2) is 3.81. The molecule has 6 heteroatoms. The van der Waals surface area contributed by atoms with Crippen molar-refractivity contribution in [3.05, 3.63) is 0 Å². The van der Waals surface area contributed by atoms with E-state index in [1.165, 1.54) is 6.92 Å². The van der Waals surface area contributed by atoms with Crippen molar-refractivity contribution < 1.29 is 17.9 Å². The van der Waals surface area contributed by atoms with E-state index in [4.69, 9.17) is 4.74 Å². The lowest BCUT2D eigenvalue weighted by Crippen LogP contribution is -2.41. The van der Waals surface area contributed by atoms with E-state index in [1.54, 1.807) is 20.8 Å². The summed E-state index contributed by atoms with van der Waals surface area (Å²) in [6, 6.07) is 0. The number of rotatable bonds is 2. The SMILES string of the molecule is CC(C)(C)OC(=O)C(C)(Br)S(C)(=O)=O. The lowest BCUT2D eigenvalue weighted by molar-refractivity contribution is -0.154. The summed E-state index contributed by atoms with van der Waals surface area (Å²) in [5.74, 6) is -0.799. The zero-order chi connectivity index (χ0) is 11.8. The molecule has 0 bridgehead atoms. The molecule has 1 atom stereocenters. The van der Waals surface area contributed by atoms with Crippen LogP contribution >= 0.6 is 15.9 Å². The summed E-state index contributed by atoms with van der Waals surface area (Å²) in [5, 5.41) is 0. The Hall–Kier alpha value is -0.100. The molecule has 0 N–H and O–H groups in total. The molecule has 0 spiro atoms. The molecule has 0 fully saturated rings. The Morgan fingerprint density at radius 1 is 1.21 bits per heavy atom. The Kier molecular flexibility index (Phi) is 3.78. The number of sulfone groups is 1. The molecule has 0 aliphatic heterocycles. The van der Waals surface area contributed by atoms with Gasteiger partial charge in [-0.2, -0.15) is 0 Å². The summed E-state index contributed by atoms with van der Waals surface area (Å²) >= 11 is 2.86. The Bertz CT molecular complexity index is 324. The van der Waals surface area contributed by atoms with E-state index >= 15 is 0 Å². The minimum Gasteiger partial charge on any atom is -0.458 e. The van der Waals surface area contributed by atoms with Gasteiger partial charge in [0.15, 0.2) is 9.84 Å². The van der Waals surface area contributed by atoms with Gasteiger partial charge in [0, 0.05) is 6.26 Å².